The van der Waals surface area contributed by atoms with E-state index in [1.165, 1.54) is 0 Å². The van der Waals surface area contributed by atoms with Crippen molar-refractivity contribution in [3.05, 3.63) is 27.3 Å². The summed E-state index contributed by atoms with van der Waals surface area (Å²) in [4.78, 5) is 0. The highest BCUT2D eigenvalue weighted by molar-refractivity contribution is 9.10. The third kappa shape index (κ3) is 1.27. The first-order valence-corrected chi connectivity index (χ1v) is 5.04. The molecule has 0 amide bonds. The van der Waals surface area contributed by atoms with E-state index in [1.54, 1.807) is 0 Å². The van der Waals surface area contributed by atoms with Crippen molar-refractivity contribution in [1.82, 2.24) is 9.78 Å². The molecule has 2 nitrogen and oxygen atoms in total. The molecule has 0 saturated carbocycles. The van der Waals surface area contributed by atoms with Crippen molar-refractivity contribution in [2.75, 3.05) is 0 Å². The van der Waals surface area contributed by atoms with Gasteiger partial charge in [-0.15, -0.1) is 0 Å². The number of hydrogen-bond donors (Lipinski definition) is 0. The Labute approximate surface area is 89.6 Å². The monoisotopic (exact) mass is 258 g/mol. The van der Waals surface area contributed by atoms with Gasteiger partial charge in [0, 0.05) is 16.9 Å². The van der Waals surface area contributed by atoms with E-state index >= 15 is 0 Å². The molecule has 4 heteroatoms. The Balaban J connectivity index is 2.99. The van der Waals surface area contributed by atoms with Crippen LogP contribution in [0.4, 0.5) is 0 Å². The molecule has 0 spiro atoms. The van der Waals surface area contributed by atoms with Crippen LogP contribution in [0.2, 0.25) is 5.02 Å². The average Bonchev–Trinajstić information content (AvgIpc) is 2.44. The van der Waals surface area contributed by atoms with E-state index in [0.717, 1.165) is 26.0 Å². The molecule has 0 saturated heterocycles. The van der Waals surface area contributed by atoms with E-state index in [2.05, 4.69) is 21.0 Å². The van der Waals surface area contributed by atoms with Gasteiger partial charge in [0.1, 0.15) is 0 Å². The zero-order chi connectivity index (χ0) is 9.59. The van der Waals surface area contributed by atoms with Gasteiger partial charge >= 0.3 is 0 Å². The highest BCUT2D eigenvalue weighted by Gasteiger charge is 2.09. The largest absolute Gasteiger partial charge is 0.268 e. The van der Waals surface area contributed by atoms with Crippen molar-refractivity contribution in [2.45, 2.75) is 6.92 Å². The lowest BCUT2D eigenvalue weighted by atomic mass is 10.2. The molecular weight excluding hydrogens is 251 g/mol. The van der Waals surface area contributed by atoms with Crippen molar-refractivity contribution >= 4 is 38.4 Å². The molecule has 0 aliphatic rings. The molecule has 0 atom stereocenters. The zero-order valence-electron chi connectivity index (χ0n) is 7.31. The van der Waals surface area contributed by atoms with E-state index in [1.807, 2.05) is 30.9 Å². The summed E-state index contributed by atoms with van der Waals surface area (Å²) in [6.07, 6.45) is 1.82. The molecule has 0 N–H and O–H groups in total. The van der Waals surface area contributed by atoms with E-state index in [4.69, 9.17) is 11.6 Å². The minimum atomic E-state index is 0.734. The number of aryl methyl sites for hydroxylation is 2. The maximum Gasteiger partial charge on any atom is 0.0720 e. The van der Waals surface area contributed by atoms with Crippen molar-refractivity contribution < 1.29 is 0 Å². The van der Waals surface area contributed by atoms with Crippen LogP contribution in [0.15, 0.2) is 16.7 Å². The van der Waals surface area contributed by atoms with Crippen LogP contribution in [0.3, 0.4) is 0 Å². The summed E-state index contributed by atoms with van der Waals surface area (Å²) in [5, 5.41) is 5.98. The predicted molar refractivity (Wildman–Crippen MR) is 58.2 cm³/mol. The fraction of sp³-hybridized carbons (Fsp3) is 0.222. The fourth-order valence-electron chi connectivity index (χ4n) is 1.52. The third-order valence-corrected chi connectivity index (χ3v) is 3.48. The van der Waals surface area contributed by atoms with Gasteiger partial charge in [0.2, 0.25) is 0 Å². The van der Waals surface area contributed by atoms with E-state index in [-0.39, 0.29) is 0 Å². The third-order valence-electron chi connectivity index (χ3n) is 2.10. The molecule has 0 radical (unpaired) electrons. The molecule has 68 valence electrons. The molecule has 0 fully saturated rings. The zero-order valence-corrected chi connectivity index (χ0v) is 9.65. The van der Waals surface area contributed by atoms with Gasteiger partial charge in [0.25, 0.3) is 0 Å². The molecule has 0 aliphatic carbocycles. The summed E-state index contributed by atoms with van der Waals surface area (Å²) in [7, 11) is 1.93. The van der Waals surface area contributed by atoms with Crippen molar-refractivity contribution in [2.24, 2.45) is 7.05 Å². The van der Waals surface area contributed by atoms with Crippen LogP contribution < -0.4 is 0 Å². The molecule has 0 bridgehead atoms. The van der Waals surface area contributed by atoms with Crippen LogP contribution in [-0.2, 0) is 7.05 Å². The Morgan fingerprint density at radius 1 is 1.54 bits per heavy atom. The maximum absolute atomic E-state index is 6.02. The van der Waals surface area contributed by atoms with Crippen LogP contribution in [0, 0.1) is 6.92 Å². The minimum absolute atomic E-state index is 0.734. The predicted octanol–water partition coefficient (Wildman–Crippen LogP) is 3.30. The van der Waals surface area contributed by atoms with Crippen molar-refractivity contribution in [3.63, 3.8) is 0 Å². The Kier molecular flexibility index (Phi) is 2.08. The number of nitrogens with zero attached hydrogens (tertiary/aromatic N) is 2. The first kappa shape index (κ1) is 9.03. The Bertz CT molecular complexity index is 476. The molecule has 13 heavy (non-hydrogen) atoms. The van der Waals surface area contributed by atoms with Gasteiger partial charge < -0.3 is 0 Å². The molecule has 1 aromatic heterocycles. The summed E-state index contributed by atoms with van der Waals surface area (Å²) < 4.78 is 2.77. The first-order chi connectivity index (χ1) is 6.11. The smallest absolute Gasteiger partial charge is 0.0720 e. The number of halogens is 2. The Morgan fingerprint density at radius 2 is 2.23 bits per heavy atom. The summed E-state index contributed by atoms with van der Waals surface area (Å²) >= 11 is 9.46. The second-order valence-corrected chi connectivity index (χ2v) is 4.22. The van der Waals surface area contributed by atoms with Gasteiger partial charge in [-0.1, -0.05) is 11.6 Å². The second-order valence-electron chi connectivity index (χ2n) is 3.02. The maximum atomic E-state index is 6.02. The first-order valence-electron chi connectivity index (χ1n) is 3.87. The summed E-state index contributed by atoms with van der Waals surface area (Å²) in [6, 6.07) is 1.94. The lowest BCUT2D eigenvalue weighted by molar-refractivity contribution is 0.794. The van der Waals surface area contributed by atoms with Gasteiger partial charge in [0.15, 0.2) is 0 Å². The summed E-state index contributed by atoms with van der Waals surface area (Å²) in [5.74, 6) is 0. The standard InChI is InChI=1S/C9H8BrClN2/c1-5-3-7(11)8(10)6-4-12-13(2)9(5)6/h3-4H,1-2H3. The lowest BCUT2D eigenvalue weighted by Gasteiger charge is -2.02. The molecule has 2 rings (SSSR count). The fourth-order valence-corrected chi connectivity index (χ4v) is 2.19. The molecule has 2 aromatic rings. The summed E-state index contributed by atoms with van der Waals surface area (Å²) in [5.41, 5.74) is 2.26. The van der Waals surface area contributed by atoms with Gasteiger partial charge in [-0.05, 0) is 34.5 Å². The highest BCUT2D eigenvalue weighted by atomic mass is 79.9. The highest BCUT2D eigenvalue weighted by Crippen LogP contribution is 2.32. The van der Waals surface area contributed by atoms with E-state index in [0.29, 0.717) is 0 Å². The van der Waals surface area contributed by atoms with Crippen LogP contribution >= 0.6 is 27.5 Å². The minimum Gasteiger partial charge on any atom is -0.268 e. The summed E-state index contributed by atoms with van der Waals surface area (Å²) in [6.45, 7) is 2.03. The molecule has 1 heterocycles. The van der Waals surface area contributed by atoms with Crippen LogP contribution in [-0.4, -0.2) is 9.78 Å². The van der Waals surface area contributed by atoms with Gasteiger partial charge in [-0.25, -0.2) is 0 Å². The number of fused-ring (bicyclic) bond motifs is 1. The van der Waals surface area contributed by atoms with Crippen LogP contribution in [0.1, 0.15) is 5.56 Å². The number of benzene rings is 1. The van der Waals surface area contributed by atoms with Crippen molar-refractivity contribution in [1.29, 1.82) is 0 Å². The Morgan fingerprint density at radius 3 is 2.92 bits per heavy atom. The van der Waals surface area contributed by atoms with Gasteiger partial charge in [-0.3, -0.25) is 4.68 Å². The molecule has 0 aliphatic heterocycles. The number of rotatable bonds is 0. The second kappa shape index (κ2) is 3.00. The Hall–Kier alpha value is -0.540. The quantitative estimate of drug-likeness (QED) is 0.710. The van der Waals surface area contributed by atoms with Gasteiger partial charge in [-0.2, -0.15) is 5.10 Å². The van der Waals surface area contributed by atoms with Gasteiger partial charge in [0.05, 0.1) is 16.7 Å². The normalized spacial score (nSPS) is 11.1. The van der Waals surface area contributed by atoms with Crippen LogP contribution in [0.25, 0.3) is 10.9 Å². The SMILES string of the molecule is Cc1cc(Cl)c(Br)c2cnn(C)c12. The number of aromatic nitrogens is 2. The molecular formula is C9H8BrClN2. The van der Waals surface area contributed by atoms with Crippen LogP contribution in [0.5, 0.6) is 0 Å². The molecule has 0 unspecified atom stereocenters. The lowest BCUT2D eigenvalue weighted by Crippen LogP contribution is -1.91. The van der Waals surface area contributed by atoms with Crippen molar-refractivity contribution in [3.8, 4) is 0 Å². The van der Waals surface area contributed by atoms with E-state index < -0.39 is 0 Å². The molecule has 1 aromatic carbocycles. The topological polar surface area (TPSA) is 17.8 Å². The number of hydrogen-bond acceptors (Lipinski definition) is 1. The van der Waals surface area contributed by atoms with E-state index in [9.17, 15) is 0 Å². The average molecular weight is 260 g/mol.